The molecule has 4 aromatic rings. The number of carbonyl (C=O) groups excluding carboxylic acids is 3. The van der Waals surface area contributed by atoms with Crippen molar-refractivity contribution in [1.82, 2.24) is 20.3 Å². The lowest BCUT2D eigenvalue weighted by Crippen LogP contribution is -2.46. The number of fused-ring (bicyclic) bond motifs is 1. The topological polar surface area (TPSA) is 148 Å². The van der Waals surface area contributed by atoms with Crippen LogP contribution in [0.15, 0.2) is 66.7 Å². The van der Waals surface area contributed by atoms with Crippen LogP contribution in [0.3, 0.4) is 0 Å². The number of carbonyl (C=O) groups is 3. The monoisotopic (exact) mass is 586 g/mol. The normalized spacial score (nSPS) is 15.2. The van der Waals surface area contributed by atoms with E-state index >= 15 is 0 Å². The van der Waals surface area contributed by atoms with Gasteiger partial charge >= 0.3 is 0 Å². The minimum absolute atomic E-state index is 0.0873. The second-order valence-corrected chi connectivity index (χ2v) is 10.2. The zero-order valence-corrected chi connectivity index (χ0v) is 24.0. The third-order valence-electron chi connectivity index (χ3n) is 7.07. The number of benzene rings is 3. The number of hydrogen-bond acceptors (Lipinski definition) is 8. The molecule has 0 saturated carbocycles. The van der Waals surface area contributed by atoms with E-state index < -0.39 is 17.9 Å². The molecule has 3 amide bonds. The number of anilines is 2. The van der Waals surface area contributed by atoms with Crippen molar-refractivity contribution in [2.75, 3.05) is 30.0 Å². The lowest BCUT2D eigenvalue weighted by Gasteiger charge is -2.32. The van der Waals surface area contributed by atoms with Crippen LogP contribution in [-0.4, -0.2) is 63.7 Å². The molecule has 5 rings (SSSR count). The van der Waals surface area contributed by atoms with E-state index in [1.807, 2.05) is 18.2 Å². The highest BCUT2D eigenvalue weighted by molar-refractivity contribution is 6.02. The smallest absolute Gasteiger partial charge is 0.249 e. The number of phenols is 1. The molecule has 1 saturated heterocycles. The van der Waals surface area contributed by atoms with E-state index in [0.29, 0.717) is 41.2 Å². The molecule has 3 aromatic carbocycles. The van der Waals surface area contributed by atoms with Crippen LogP contribution in [0, 0.1) is 0 Å². The summed E-state index contributed by atoms with van der Waals surface area (Å²) in [6.45, 7) is 4.19. The molecular weight excluding hydrogens is 552 g/mol. The van der Waals surface area contributed by atoms with E-state index in [1.54, 1.807) is 49.4 Å². The number of nitrogens with zero attached hydrogens (tertiary/aromatic N) is 4. The zero-order valence-electron chi connectivity index (χ0n) is 24.0. The second-order valence-electron chi connectivity index (χ2n) is 10.2. The molecule has 0 unspecified atom stereocenters. The number of aromatic nitrogens is 3. The predicted octanol–water partition coefficient (Wildman–Crippen LogP) is 3.56. The van der Waals surface area contributed by atoms with E-state index in [1.165, 1.54) is 22.6 Å². The number of hydrogen-bond donors (Lipinski definition) is 3. The van der Waals surface area contributed by atoms with Crippen LogP contribution in [0.5, 0.6) is 11.5 Å². The van der Waals surface area contributed by atoms with E-state index in [0.717, 1.165) is 12.8 Å². The maximum atomic E-state index is 14.3. The van der Waals surface area contributed by atoms with Crippen LogP contribution in [0.25, 0.3) is 11.0 Å². The van der Waals surface area contributed by atoms with Gasteiger partial charge in [-0.15, -0.1) is 5.10 Å². The van der Waals surface area contributed by atoms with Crippen molar-refractivity contribution in [2.24, 2.45) is 0 Å². The zero-order chi connectivity index (χ0) is 30.3. The Morgan fingerprint density at radius 1 is 1.14 bits per heavy atom. The summed E-state index contributed by atoms with van der Waals surface area (Å²) in [6.07, 6.45) is 1.62. The van der Waals surface area contributed by atoms with Crippen molar-refractivity contribution >= 4 is 40.1 Å². The molecule has 0 spiro atoms. The van der Waals surface area contributed by atoms with Gasteiger partial charge in [-0.05, 0) is 73.9 Å². The Balaban J connectivity index is 1.57. The summed E-state index contributed by atoms with van der Waals surface area (Å²) in [4.78, 5) is 41.3. The Kier molecular flexibility index (Phi) is 9.16. The molecule has 1 aromatic heterocycles. The summed E-state index contributed by atoms with van der Waals surface area (Å²) in [7, 11) is 0. The van der Waals surface area contributed by atoms with Gasteiger partial charge in [0.25, 0.3) is 0 Å². The van der Waals surface area contributed by atoms with E-state index in [2.05, 4.69) is 20.9 Å². The van der Waals surface area contributed by atoms with Gasteiger partial charge in [-0.3, -0.25) is 19.3 Å². The first-order chi connectivity index (χ1) is 20.8. The van der Waals surface area contributed by atoms with Gasteiger partial charge in [-0.1, -0.05) is 23.4 Å². The van der Waals surface area contributed by atoms with Gasteiger partial charge in [0.2, 0.25) is 17.7 Å². The van der Waals surface area contributed by atoms with Crippen molar-refractivity contribution in [3.8, 4) is 11.5 Å². The lowest BCUT2D eigenvalue weighted by atomic mass is 10.0. The molecule has 0 bridgehead atoms. The van der Waals surface area contributed by atoms with Crippen LogP contribution in [0.4, 0.5) is 11.4 Å². The number of aromatic hydroxyl groups is 1. The SMILES string of the molecule is CCOc1cc([C@@H](C(=O)NC[C@@H]2CCCO2)N(C(=O)Cn2nnc3ccccc32)c2ccc(NC(C)=O)cc2)ccc1O. The van der Waals surface area contributed by atoms with Crippen molar-refractivity contribution < 1.29 is 29.0 Å². The Bertz CT molecular complexity index is 1600. The van der Waals surface area contributed by atoms with E-state index in [4.69, 9.17) is 9.47 Å². The molecule has 43 heavy (non-hydrogen) atoms. The van der Waals surface area contributed by atoms with Gasteiger partial charge in [-0.2, -0.15) is 0 Å². The Morgan fingerprint density at radius 3 is 2.65 bits per heavy atom. The molecule has 1 aliphatic heterocycles. The highest BCUT2D eigenvalue weighted by Crippen LogP contribution is 2.35. The van der Waals surface area contributed by atoms with Crippen molar-refractivity contribution in [1.29, 1.82) is 0 Å². The maximum absolute atomic E-state index is 14.3. The minimum atomic E-state index is -1.16. The van der Waals surface area contributed by atoms with Crippen LogP contribution < -0.4 is 20.3 Å². The fourth-order valence-corrected chi connectivity index (χ4v) is 5.09. The summed E-state index contributed by atoms with van der Waals surface area (Å²) < 4.78 is 12.8. The average molecular weight is 587 g/mol. The summed E-state index contributed by atoms with van der Waals surface area (Å²) >= 11 is 0. The third-order valence-corrected chi connectivity index (χ3v) is 7.07. The van der Waals surface area contributed by atoms with Gasteiger partial charge in [0.05, 0.1) is 18.2 Å². The Morgan fingerprint density at radius 2 is 1.93 bits per heavy atom. The number of rotatable bonds is 11. The number of ether oxygens (including phenoxy) is 2. The summed E-state index contributed by atoms with van der Waals surface area (Å²) in [6, 6.07) is 17.3. The molecule has 2 atom stereocenters. The van der Waals surface area contributed by atoms with Crippen LogP contribution >= 0.6 is 0 Å². The van der Waals surface area contributed by atoms with E-state index in [-0.39, 0.29) is 36.6 Å². The fourth-order valence-electron chi connectivity index (χ4n) is 5.09. The van der Waals surface area contributed by atoms with Gasteiger partial charge in [0.15, 0.2) is 11.5 Å². The minimum Gasteiger partial charge on any atom is -0.504 e. The largest absolute Gasteiger partial charge is 0.504 e. The van der Waals surface area contributed by atoms with Gasteiger partial charge in [0, 0.05) is 31.5 Å². The molecule has 1 aliphatic rings. The van der Waals surface area contributed by atoms with Crippen LogP contribution in [0.1, 0.15) is 38.3 Å². The van der Waals surface area contributed by atoms with Crippen molar-refractivity contribution in [2.45, 2.75) is 45.4 Å². The summed E-state index contributed by atoms with van der Waals surface area (Å²) in [5.74, 6) is -1.02. The molecule has 2 heterocycles. The number of phenolic OH excluding ortho intramolecular Hbond substituents is 1. The molecule has 3 N–H and O–H groups in total. The molecule has 0 aliphatic carbocycles. The van der Waals surface area contributed by atoms with Crippen molar-refractivity contribution in [3.63, 3.8) is 0 Å². The molecule has 12 nitrogen and oxygen atoms in total. The highest BCUT2D eigenvalue weighted by Gasteiger charge is 2.34. The molecule has 0 radical (unpaired) electrons. The first-order valence-corrected chi connectivity index (χ1v) is 14.2. The number of para-hydroxylation sites is 1. The van der Waals surface area contributed by atoms with Gasteiger partial charge in [-0.25, -0.2) is 4.68 Å². The molecule has 1 fully saturated rings. The molecular formula is C31H34N6O6. The van der Waals surface area contributed by atoms with Gasteiger partial charge < -0.3 is 25.2 Å². The lowest BCUT2D eigenvalue weighted by molar-refractivity contribution is -0.127. The summed E-state index contributed by atoms with van der Waals surface area (Å²) in [5, 5.41) is 24.4. The van der Waals surface area contributed by atoms with Gasteiger partial charge in [0.1, 0.15) is 18.1 Å². The predicted molar refractivity (Wildman–Crippen MR) is 160 cm³/mol. The third kappa shape index (κ3) is 6.92. The van der Waals surface area contributed by atoms with Crippen molar-refractivity contribution in [3.05, 3.63) is 72.3 Å². The summed E-state index contributed by atoms with van der Waals surface area (Å²) in [5.41, 5.74) is 2.67. The van der Waals surface area contributed by atoms with E-state index in [9.17, 15) is 19.5 Å². The average Bonchev–Trinajstić information content (AvgIpc) is 3.67. The number of amides is 3. The number of nitrogens with one attached hydrogen (secondary N) is 2. The quantitative estimate of drug-likeness (QED) is 0.242. The van der Waals surface area contributed by atoms with Crippen LogP contribution in [-0.2, 0) is 25.7 Å². The molecule has 224 valence electrons. The highest BCUT2D eigenvalue weighted by atomic mass is 16.5. The van der Waals surface area contributed by atoms with Crippen LogP contribution in [0.2, 0.25) is 0 Å². The first kappa shape index (κ1) is 29.5. The maximum Gasteiger partial charge on any atom is 0.249 e. The first-order valence-electron chi connectivity index (χ1n) is 14.2. The standard InChI is InChI=1S/C31H34N6O6/c1-3-42-28-17-21(10-15-27(28)39)30(31(41)32-18-24-7-6-16-43-24)37(23-13-11-22(12-14-23)33-20(2)38)29(40)19-36-26-9-5-4-8-25(26)34-35-36/h4-5,8-15,17,24,30,39H,3,6-7,16,18-19H2,1-2H3,(H,32,41)(H,33,38)/t24-,30-/m0/s1. The second kappa shape index (κ2) is 13.3. The molecule has 12 heteroatoms. The Hall–Kier alpha value is -4.97. The fraction of sp³-hybridized carbons (Fsp3) is 0.323. The Labute approximate surface area is 248 Å².